The van der Waals surface area contributed by atoms with Gasteiger partial charge in [0.2, 0.25) is 10.0 Å². The predicted molar refractivity (Wildman–Crippen MR) is 112 cm³/mol. The molecule has 9 heteroatoms. The van der Waals surface area contributed by atoms with E-state index in [0.29, 0.717) is 5.75 Å². The second kappa shape index (κ2) is 6.93. The summed E-state index contributed by atoms with van der Waals surface area (Å²) in [7, 11) is -0.626. The van der Waals surface area contributed by atoms with Crippen LogP contribution in [0.25, 0.3) is 20.3 Å². The number of nitrogens with zero attached hydrogens (tertiary/aromatic N) is 2. The van der Waals surface area contributed by atoms with Crippen LogP contribution in [0.4, 0.5) is 0 Å². The second-order valence-corrected chi connectivity index (χ2v) is 10.6. The minimum absolute atomic E-state index is 0.121. The summed E-state index contributed by atoms with van der Waals surface area (Å²) in [6.07, 6.45) is 0. The normalized spacial score (nSPS) is 12.1. The van der Waals surface area contributed by atoms with Gasteiger partial charge in [0.15, 0.2) is 0 Å². The molecule has 6 nitrogen and oxygen atoms in total. The summed E-state index contributed by atoms with van der Waals surface area (Å²) in [5, 5.41) is 3.73. The number of thiophene rings is 1. The SMILES string of the molecule is Cc1nc2c(cc(OC(=O)c3ccc(S(=O)(=O)N(C)C)cc3)c3ccsc32)s1. The van der Waals surface area contributed by atoms with E-state index >= 15 is 0 Å². The average molecular weight is 433 g/mol. The van der Waals surface area contributed by atoms with Gasteiger partial charge in [0.05, 0.1) is 30.4 Å². The molecule has 28 heavy (non-hydrogen) atoms. The van der Waals surface area contributed by atoms with E-state index < -0.39 is 16.0 Å². The Balaban J connectivity index is 1.67. The molecule has 0 radical (unpaired) electrons. The van der Waals surface area contributed by atoms with Crippen molar-refractivity contribution in [2.45, 2.75) is 11.8 Å². The van der Waals surface area contributed by atoms with Crippen molar-refractivity contribution < 1.29 is 17.9 Å². The maximum atomic E-state index is 12.6. The number of carbonyl (C=O) groups is 1. The number of hydrogen-bond donors (Lipinski definition) is 0. The van der Waals surface area contributed by atoms with Gasteiger partial charge in [-0.3, -0.25) is 0 Å². The lowest BCUT2D eigenvalue weighted by atomic mass is 10.2. The van der Waals surface area contributed by atoms with Crippen LogP contribution in [0.2, 0.25) is 0 Å². The smallest absolute Gasteiger partial charge is 0.343 e. The number of aryl methyl sites for hydroxylation is 1. The zero-order valence-electron chi connectivity index (χ0n) is 15.3. The number of fused-ring (bicyclic) bond motifs is 3. The summed E-state index contributed by atoms with van der Waals surface area (Å²) >= 11 is 3.10. The van der Waals surface area contributed by atoms with E-state index in [2.05, 4.69) is 4.98 Å². The molecule has 0 amide bonds. The van der Waals surface area contributed by atoms with Gasteiger partial charge in [-0.25, -0.2) is 22.5 Å². The van der Waals surface area contributed by atoms with Crippen LogP contribution >= 0.6 is 22.7 Å². The van der Waals surface area contributed by atoms with E-state index in [4.69, 9.17) is 4.74 Å². The second-order valence-electron chi connectivity index (χ2n) is 6.32. The molecule has 0 unspecified atom stereocenters. The molecule has 0 atom stereocenters. The highest BCUT2D eigenvalue weighted by Crippen LogP contribution is 2.39. The molecule has 0 fully saturated rings. The summed E-state index contributed by atoms with van der Waals surface area (Å²) in [6.45, 7) is 1.94. The molecule has 0 spiro atoms. The first-order valence-electron chi connectivity index (χ1n) is 8.29. The molecule has 2 heterocycles. The van der Waals surface area contributed by atoms with Crippen LogP contribution in [-0.2, 0) is 10.0 Å². The van der Waals surface area contributed by atoms with Crippen LogP contribution < -0.4 is 4.74 Å². The molecule has 0 saturated carbocycles. The van der Waals surface area contributed by atoms with Crippen molar-refractivity contribution >= 4 is 59.0 Å². The van der Waals surface area contributed by atoms with Gasteiger partial charge in [-0.05, 0) is 42.6 Å². The van der Waals surface area contributed by atoms with Crippen LogP contribution in [0, 0.1) is 6.92 Å². The van der Waals surface area contributed by atoms with E-state index in [0.717, 1.165) is 29.6 Å². The van der Waals surface area contributed by atoms with Gasteiger partial charge in [0.25, 0.3) is 0 Å². The summed E-state index contributed by atoms with van der Waals surface area (Å²) in [4.78, 5) is 17.3. The van der Waals surface area contributed by atoms with Gasteiger partial charge in [0.1, 0.15) is 5.75 Å². The fraction of sp³-hybridized carbons (Fsp3) is 0.158. The van der Waals surface area contributed by atoms with Gasteiger partial charge in [-0.2, -0.15) is 0 Å². The number of aromatic nitrogens is 1. The van der Waals surface area contributed by atoms with Gasteiger partial charge in [0, 0.05) is 25.5 Å². The first-order valence-corrected chi connectivity index (χ1v) is 11.4. The third-order valence-corrected chi connectivity index (χ3v) is 7.91. The van der Waals surface area contributed by atoms with Crippen molar-refractivity contribution in [3.8, 4) is 5.75 Å². The lowest BCUT2D eigenvalue weighted by Gasteiger charge is -2.11. The molecule has 144 valence electrons. The molecular formula is C19H16N2O4S3. The van der Waals surface area contributed by atoms with Crippen LogP contribution in [0.3, 0.4) is 0 Å². The number of carbonyl (C=O) groups excluding carboxylic acids is 1. The molecule has 2 aromatic carbocycles. The Kier molecular flexibility index (Phi) is 4.70. The van der Waals surface area contributed by atoms with Gasteiger partial charge in [-0.1, -0.05) is 0 Å². The Morgan fingerprint density at radius 1 is 1.14 bits per heavy atom. The largest absolute Gasteiger partial charge is 0.422 e. The van der Waals surface area contributed by atoms with Crippen LogP contribution in [-0.4, -0.2) is 37.8 Å². The highest BCUT2D eigenvalue weighted by molar-refractivity contribution is 7.89. The zero-order chi connectivity index (χ0) is 20.1. The summed E-state index contributed by atoms with van der Waals surface area (Å²) in [5.74, 6) is -0.0655. The lowest BCUT2D eigenvalue weighted by Crippen LogP contribution is -2.22. The highest BCUT2D eigenvalue weighted by Gasteiger charge is 2.19. The molecular weight excluding hydrogens is 416 g/mol. The van der Waals surface area contributed by atoms with Crippen molar-refractivity contribution in [2.75, 3.05) is 14.1 Å². The average Bonchev–Trinajstić information content (AvgIpc) is 3.27. The summed E-state index contributed by atoms with van der Waals surface area (Å²) in [5.41, 5.74) is 1.20. The maximum absolute atomic E-state index is 12.6. The molecule has 2 aromatic heterocycles. The van der Waals surface area contributed by atoms with Crippen molar-refractivity contribution in [1.29, 1.82) is 0 Å². The minimum atomic E-state index is -3.54. The fourth-order valence-corrected chi connectivity index (χ4v) is 5.54. The first-order chi connectivity index (χ1) is 13.3. The van der Waals surface area contributed by atoms with E-state index in [1.807, 2.05) is 24.4 Å². The highest BCUT2D eigenvalue weighted by atomic mass is 32.2. The molecule has 0 N–H and O–H groups in total. The number of thiazole rings is 1. The Bertz CT molecular complexity index is 1300. The number of benzene rings is 2. The minimum Gasteiger partial charge on any atom is -0.422 e. The monoisotopic (exact) mass is 432 g/mol. The first kappa shape index (κ1) is 19.0. The number of ether oxygens (including phenoxy) is 1. The predicted octanol–water partition coefficient (Wildman–Crippen LogP) is 4.29. The lowest BCUT2D eigenvalue weighted by molar-refractivity contribution is 0.0737. The van der Waals surface area contributed by atoms with E-state index in [9.17, 15) is 13.2 Å². The maximum Gasteiger partial charge on any atom is 0.343 e. The molecule has 0 aliphatic carbocycles. The van der Waals surface area contributed by atoms with Crippen LogP contribution in [0.15, 0.2) is 46.7 Å². The summed E-state index contributed by atoms with van der Waals surface area (Å²) < 4.78 is 33.0. The van der Waals surface area contributed by atoms with Crippen molar-refractivity contribution in [3.63, 3.8) is 0 Å². The number of sulfonamides is 1. The summed E-state index contributed by atoms with van der Waals surface area (Å²) in [6, 6.07) is 9.46. The van der Waals surface area contributed by atoms with E-state index in [1.54, 1.807) is 22.7 Å². The number of hydrogen-bond acceptors (Lipinski definition) is 7. The van der Waals surface area contributed by atoms with Gasteiger partial charge in [-0.15, -0.1) is 22.7 Å². The van der Waals surface area contributed by atoms with E-state index in [-0.39, 0.29) is 10.5 Å². The quantitative estimate of drug-likeness (QED) is 0.355. The Labute approximate surface area is 170 Å². The zero-order valence-corrected chi connectivity index (χ0v) is 17.7. The third-order valence-electron chi connectivity index (χ3n) is 4.24. The molecule has 0 saturated heterocycles. The van der Waals surface area contributed by atoms with Gasteiger partial charge < -0.3 is 4.74 Å². The van der Waals surface area contributed by atoms with Crippen LogP contribution in [0.5, 0.6) is 5.75 Å². The molecule has 4 aromatic rings. The van der Waals surface area contributed by atoms with Crippen molar-refractivity contribution in [1.82, 2.24) is 9.29 Å². The topological polar surface area (TPSA) is 76.6 Å². The van der Waals surface area contributed by atoms with Crippen molar-refractivity contribution in [2.24, 2.45) is 0 Å². The standard InChI is InChI=1S/C19H16N2O4S3/c1-11-20-17-16(27-11)10-15(14-8-9-26-18(14)17)25-19(22)12-4-6-13(7-5-12)28(23,24)21(2)3/h4-10H,1-3H3. The fourth-order valence-electron chi connectivity index (χ4n) is 2.80. The Morgan fingerprint density at radius 3 is 2.54 bits per heavy atom. The van der Waals surface area contributed by atoms with Crippen molar-refractivity contribution in [3.05, 3.63) is 52.3 Å². The number of esters is 1. The molecule has 0 bridgehead atoms. The molecule has 0 aliphatic heterocycles. The van der Waals surface area contributed by atoms with Gasteiger partial charge >= 0.3 is 5.97 Å². The van der Waals surface area contributed by atoms with E-state index in [1.165, 1.54) is 38.4 Å². The third kappa shape index (κ3) is 3.20. The van der Waals surface area contributed by atoms with Crippen LogP contribution in [0.1, 0.15) is 15.4 Å². The number of rotatable bonds is 4. The molecule has 4 rings (SSSR count). The Morgan fingerprint density at radius 2 is 1.86 bits per heavy atom. The molecule has 0 aliphatic rings. The Hall–Kier alpha value is -2.33.